The van der Waals surface area contributed by atoms with Gasteiger partial charge in [-0.3, -0.25) is 0 Å². The van der Waals surface area contributed by atoms with Gasteiger partial charge in [0.1, 0.15) is 6.04 Å². The third kappa shape index (κ3) is 2.99. The van der Waals surface area contributed by atoms with Crippen molar-refractivity contribution < 1.29 is 18.3 Å². The molecule has 1 aromatic rings. The molecule has 1 rings (SSSR count). The molecule has 0 spiro atoms. The molecule has 0 aliphatic rings. The van der Waals surface area contributed by atoms with Crippen molar-refractivity contribution in [2.24, 2.45) is 0 Å². The van der Waals surface area contributed by atoms with Gasteiger partial charge in [0.15, 0.2) is 0 Å². The molecule has 7 heteroatoms. The minimum absolute atomic E-state index is 0.144. The van der Waals surface area contributed by atoms with Gasteiger partial charge in [0, 0.05) is 12.7 Å². The number of carboxylic acids is 1. The lowest BCUT2D eigenvalue weighted by molar-refractivity contribution is -0.138. The number of hydrogen-bond acceptors (Lipinski definition) is 4. The predicted molar refractivity (Wildman–Crippen MR) is 68.2 cm³/mol. The molecule has 1 atom stereocenters. The highest BCUT2D eigenvalue weighted by atomic mass is 32.2. The van der Waals surface area contributed by atoms with Gasteiger partial charge in [0.2, 0.25) is 10.0 Å². The van der Waals surface area contributed by atoms with Crippen LogP contribution in [0.2, 0.25) is 0 Å². The third-order valence-corrected chi connectivity index (χ3v) is 4.19. The lowest BCUT2D eigenvalue weighted by Crippen LogP contribution is -2.35. The average Bonchev–Trinajstić information content (AvgIpc) is 2.37. The highest BCUT2D eigenvalue weighted by Gasteiger charge is 2.18. The van der Waals surface area contributed by atoms with Crippen molar-refractivity contribution in [1.82, 2.24) is 4.72 Å². The Kier molecular flexibility index (Phi) is 4.31. The monoisotopic (exact) mass is 272 g/mol. The first kappa shape index (κ1) is 14.5. The van der Waals surface area contributed by atoms with Crippen LogP contribution in [-0.4, -0.2) is 39.6 Å². The SMILES string of the molecule is CNS(=O)(=O)c1ccc(N(C)C(C)C(=O)O)cc1. The zero-order valence-electron chi connectivity index (χ0n) is 10.4. The van der Waals surface area contributed by atoms with E-state index in [0.29, 0.717) is 5.69 Å². The van der Waals surface area contributed by atoms with Crippen LogP contribution in [0.5, 0.6) is 0 Å². The molecule has 100 valence electrons. The first-order valence-electron chi connectivity index (χ1n) is 5.29. The molecular formula is C11H16N2O4S. The summed E-state index contributed by atoms with van der Waals surface area (Å²) in [6.07, 6.45) is 0. The highest BCUT2D eigenvalue weighted by molar-refractivity contribution is 7.89. The van der Waals surface area contributed by atoms with Crippen molar-refractivity contribution in [2.45, 2.75) is 17.9 Å². The minimum atomic E-state index is -3.46. The fourth-order valence-corrected chi connectivity index (χ4v) is 2.10. The largest absolute Gasteiger partial charge is 0.480 e. The Bertz CT molecular complexity index is 524. The fraction of sp³-hybridized carbons (Fsp3) is 0.364. The van der Waals surface area contributed by atoms with E-state index >= 15 is 0 Å². The van der Waals surface area contributed by atoms with E-state index in [-0.39, 0.29) is 4.90 Å². The summed E-state index contributed by atoms with van der Waals surface area (Å²) in [5.41, 5.74) is 0.639. The van der Waals surface area contributed by atoms with Gasteiger partial charge in [-0.25, -0.2) is 17.9 Å². The number of aliphatic carboxylic acids is 1. The number of nitrogens with one attached hydrogen (secondary N) is 1. The van der Waals surface area contributed by atoms with E-state index in [0.717, 1.165) is 0 Å². The zero-order valence-corrected chi connectivity index (χ0v) is 11.2. The van der Waals surface area contributed by atoms with Crippen LogP contribution in [0.15, 0.2) is 29.2 Å². The second-order valence-corrected chi connectivity index (χ2v) is 5.71. The molecule has 0 saturated heterocycles. The number of carboxylic acid groups (broad SMARTS) is 1. The van der Waals surface area contributed by atoms with Gasteiger partial charge in [-0.15, -0.1) is 0 Å². The van der Waals surface area contributed by atoms with Crippen LogP contribution in [0.25, 0.3) is 0 Å². The van der Waals surface area contributed by atoms with Crippen molar-refractivity contribution in [1.29, 1.82) is 0 Å². The van der Waals surface area contributed by atoms with Gasteiger partial charge in [0.25, 0.3) is 0 Å². The van der Waals surface area contributed by atoms with E-state index in [9.17, 15) is 13.2 Å². The van der Waals surface area contributed by atoms with Gasteiger partial charge in [-0.05, 0) is 38.2 Å². The summed E-state index contributed by atoms with van der Waals surface area (Å²) in [6.45, 7) is 1.56. The van der Waals surface area contributed by atoms with E-state index in [1.54, 1.807) is 31.0 Å². The summed E-state index contributed by atoms with van der Waals surface area (Å²) < 4.78 is 25.2. The van der Waals surface area contributed by atoms with Crippen LogP contribution >= 0.6 is 0 Å². The number of likely N-dealkylation sites (N-methyl/N-ethyl adjacent to an activating group) is 1. The van der Waals surface area contributed by atoms with E-state index < -0.39 is 22.0 Å². The molecule has 18 heavy (non-hydrogen) atoms. The normalized spacial score (nSPS) is 13.1. The maximum Gasteiger partial charge on any atom is 0.326 e. The topological polar surface area (TPSA) is 86.7 Å². The van der Waals surface area contributed by atoms with E-state index in [4.69, 9.17) is 5.11 Å². The summed E-state index contributed by atoms with van der Waals surface area (Å²) in [5, 5.41) is 8.89. The van der Waals surface area contributed by atoms with E-state index in [1.807, 2.05) is 0 Å². The van der Waals surface area contributed by atoms with Crippen LogP contribution in [0.1, 0.15) is 6.92 Å². The number of sulfonamides is 1. The number of nitrogens with zero attached hydrogens (tertiary/aromatic N) is 1. The quantitative estimate of drug-likeness (QED) is 0.815. The minimum Gasteiger partial charge on any atom is -0.480 e. The first-order valence-corrected chi connectivity index (χ1v) is 6.77. The Morgan fingerprint density at radius 2 is 1.83 bits per heavy atom. The predicted octanol–water partition coefficient (Wildman–Crippen LogP) is 0.504. The number of carbonyl (C=O) groups is 1. The molecule has 0 saturated carbocycles. The third-order valence-electron chi connectivity index (χ3n) is 2.76. The maximum absolute atomic E-state index is 11.5. The zero-order chi connectivity index (χ0) is 13.9. The molecule has 0 amide bonds. The first-order chi connectivity index (χ1) is 8.29. The summed E-state index contributed by atoms with van der Waals surface area (Å²) in [7, 11) is -0.488. The molecule has 1 aromatic carbocycles. The van der Waals surface area contributed by atoms with Crippen LogP contribution in [-0.2, 0) is 14.8 Å². The Morgan fingerprint density at radius 3 is 2.22 bits per heavy atom. The number of hydrogen-bond donors (Lipinski definition) is 2. The van der Waals surface area contributed by atoms with Crippen LogP contribution in [0.4, 0.5) is 5.69 Å². The summed E-state index contributed by atoms with van der Waals surface area (Å²) in [4.78, 5) is 12.5. The van der Waals surface area contributed by atoms with Crippen molar-refractivity contribution in [3.63, 3.8) is 0 Å². The molecule has 0 fully saturated rings. The summed E-state index contributed by atoms with van der Waals surface area (Å²) in [5.74, 6) is -0.940. The van der Waals surface area contributed by atoms with Crippen LogP contribution < -0.4 is 9.62 Å². The van der Waals surface area contributed by atoms with Crippen molar-refractivity contribution >= 4 is 21.7 Å². The van der Waals surface area contributed by atoms with Gasteiger partial charge < -0.3 is 10.0 Å². The Morgan fingerprint density at radius 1 is 1.33 bits per heavy atom. The lowest BCUT2D eigenvalue weighted by Gasteiger charge is -2.23. The van der Waals surface area contributed by atoms with Crippen molar-refractivity contribution in [3.8, 4) is 0 Å². The second-order valence-electron chi connectivity index (χ2n) is 3.83. The molecular weight excluding hydrogens is 256 g/mol. The van der Waals surface area contributed by atoms with Gasteiger partial charge in [-0.2, -0.15) is 0 Å². The molecule has 0 bridgehead atoms. The van der Waals surface area contributed by atoms with E-state index in [1.165, 1.54) is 19.2 Å². The number of anilines is 1. The standard InChI is InChI=1S/C11H16N2O4S/c1-8(11(14)15)13(3)9-4-6-10(7-5-9)18(16,17)12-2/h4-8,12H,1-3H3,(H,14,15). The van der Waals surface area contributed by atoms with Gasteiger partial charge >= 0.3 is 5.97 Å². The van der Waals surface area contributed by atoms with Gasteiger partial charge in [-0.1, -0.05) is 0 Å². The van der Waals surface area contributed by atoms with Crippen LogP contribution in [0.3, 0.4) is 0 Å². The summed E-state index contributed by atoms with van der Waals surface area (Å²) >= 11 is 0. The molecule has 0 radical (unpaired) electrons. The Balaban J connectivity index is 3.00. The van der Waals surface area contributed by atoms with Crippen LogP contribution in [0, 0.1) is 0 Å². The fourth-order valence-electron chi connectivity index (χ4n) is 1.37. The molecule has 0 aliphatic carbocycles. The molecule has 2 N–H and O–H groups in total. The molecule has 6 nitrogen and oxygen atoms in total. The van der Waals surface area contributed by atoms with E-state index in [2.05, 4.69) is 4.72 Å². The summed E-state index contributed by atoms with van der Waals surface area (Å²) in [6, 6.07) is 5.34. The molecule has 0 aromatic heterocycles. The number of benzene rings is 1. The second kappa shape index (κ2) is 5.36. The number of rotatable bonds is 5. The maximum atomic E-state index is 11.5. The Labute approximate surface area is 106 Å². The smallest absolute Gasteiger partial charge is 0.326 e. The highest BCUT2D eigenvalue weighted by Crippen LogP contribution is 2.18. The molecule has 0 heterocycles. The average molecular weight is 272 g/mol. The lowest BCUT2D eigenvalue weighted by atomic mass is 10.2. The molecule has 0 aliphatic heterocycles. The van der Waals surface area contributed by atoms with Gasteiger partial charge in [0.05, 0.1) is 4.90 Å². The van der Waals surface area contributed by atoms with Crippen molar-refractivity contribution in [2.75, 3.05) is 19.0 Å². The van der Waals surface area contributed by atoms with Crippen molar-refractivity contribution in [3.05, 3.63) is 24.3 Å². The molecule has 1 unspecified atom stereocenters. The Hall–Kier alpha value is -1.60.